The Balaban J connectivity index is 2.18. The maximum absolute atomic E-state index is 13.2. The summed E-state index contributed by atoms with van der Waals surface area (Å²) < 4.78 is 50.8. The first kappa shape index (κ1) is 17.9. The molecule has 0 saturated carbocycles. The maximum Gasteiger partial charge on any atom is 0.245 e. The van der Waals surface area contributed by atoms with Crippen molar-refractivity contribution >= 4 is 27.3 Å². The van der Waals surface area contributed by atoms with Crippen LogP contribution < -0.4 is 9.62 Å². The second kappa shape index (κ2) is 6.96. The Morgan fingerprint density at radius 1 is 1.08 bits per heavy atom. The number of sulfonamides is 1. The second-order valence-corrected chi connectivity index (χ2v) is 7.19. The van der Waals surface area contributed by atoms with Gasteiger partial charge in [0.05, 0.1) is 11.9 Å². The number of anilines is 2. The van der Waals surface area contributed by atoms with Crippen LogP contribution in [0.1, 0.15) is 5.56 Å². The van der Waals surface area contributed by atoms with Gasteiger partial charge in [-0.2, -0.15) is 0 Å². The quantitative estimate of drug-likeness (QED) is 0.898. The van der Waals surface area contributed by atoms with Gasteiger partial charge in [-0.25, -0.2) is 17.2 Å². The van der Waals surface area contributed by atoms with Crippen LogP contribution in [0.3, 0.4) is 0 Å². The van der Waals surface area contributed by atoms with Crippen LogP contribution in [-0.4, -0.2) is 27.1 Å². The van der Waals surface area contributed by atoms with Crippen molar-refractivity contribution in [2.45, 2.75) is 6.92 Å². The number of nitrogens with zero attached hydrogens (tertiary/aromatic N) is 1. The van der Waals surface area contributed by atoms with Crippen LogP contribution in [-0.2, 0) is 14.8 Å². The average Bonchev–Trinajstić information content (AvgIpc) is 2.49. The van der Waals surface area contributed by atoms with E-state index in [2.05, 4.69) is 5.32 Å². The summed E-state index contributed by atoms with van der Waals surface area (Å²) in [5, 5.41) is 2.34. The molecule has 24 heavy (non-hydrogen) atoms. The lowest BCUT2D eigenvalue weighted by atomic mass is 10.2. The zero-order valence-corrected chi connectivity index (χ0v) is 13.9. The highest BCUT2D eigenvalue weighted by Crippen LogP contribution is 2.19. The highest BCUT2D eigenvalue weighted by molar-refractivity contribution is 7.92. The number of nitrogens with one attached hydrogen (secondary N) is 1. The van der Waals surface area contributed by atoms with E-state index in [4.69, 9.17) is 0 Å². The molecule has 1 amide bonds. The third kappa shape index (κ3) is 4.51. The minimum Gasteiger partial charge on any atom is -0.324 e. The second-order valence-electron chi connectivity index (χ2n) is 5.28. The van der Waals surface area contributed by atoms with Crippen molar-refractivity contribution in [1.29, 1.82) is 0 Å². The van der Waals surface area contributed by atoms with Crippen molar-refractivity contribution < 1.29 is 22.0 Å². The van der Waals surface area contributed by atoms with Crippen LogP contribution in [0.2, 0.25) is 0 Å². The predicted molar refractivity (Wildman–Crippen MR) is 88.4 cm³/mol. The lowest BCUT2D eigenvalue weighted by Gasteiger charge is -2.22. The Morgan fingerprint density at radius 3 is 2.25 bits per heavy atom. The Kier molecular flexibility index (Phi) is 5.18. The van der Waals surface area contributed by atoms with Crippen LogP contribution >= 0.6 is 0 Å². The molecular formula is C16H16F2N2O3S. The Bertz CT molecular complexity index is 852. The highest BCUT2D eigenvalue weighted by Gasteiger charge is 2.21. The molecular weight excluding hydrogens is 338 g/mol. The SMILES string of the molecule is Cc1ccc(N(CC(=O)Nc2ccc(F)c(F)c2)S(C)(=O)=O)cc1. The smallest absolute Gasteiger partial charge is 0.245 e. The van der Waals surface area contributed by atoms with Gasteiger partial charge in [-0.3, -0.25) is 9.10 Å². The number of rotatable bonds is 5. The van der Waals surface area contributed by atoms with Gasteiger partial charge in [-0.15, -0.1) is 0 Å². The third-order valence-electron chi connectivity index (χ3n) is 3.21. The molecule has 0 bridgehead atoms. The molecule has 2 rings (SSSR count). The van der Waals surface area contributed by atoms with E-state index in [1.54, 1.807) is 24.3 Å². The predicted octanol–water partition coefficient (Wildman–Crippen LogP) is 2.68. The minimum absolute atomic E-state index is 0.0382. The molecule has 8 heteroatoms. The van der Waals surface area contributed by atoms with Crippen LogP contribution in [0.4, 0.5) is 20.2 Å². The number of aryl methyl sites for hydroxylation is 1. The van der Waals surface area contributed by atoms with E-state index in [1.165, 1.54) is 6.07 Å². The van der Waals surface area contributed by atoms with E-state index in [1.807, 2.05) is 6.92 Å². The Morgan fingerprint density at radius 2 is 1.71 bits per heavy atom. The summed E-state index contributed by atoms with van der Waals surface area (Å²) in [6.45, 7) is 1.37. The van der Waals surface area contributed by atoms with Crippen molar-refractivity contribution in [2.24, 2.45) is 0 Å². The molecule has 0 unspecified atom stereocenters. The topological polar surface area (TPSA) is 66.5 Å². The minimum atomic E-state index is -3.69. The molecule has 0 fully saturated rings. The molecule has 0 aromatic heterocycles. The molecule has 0 atom stereocenters. The van der Waals surface area contributed by atoms with E-state index in [9.17, 15) is 22.0 Å². The van der Waals surface area contributed by atoms with Crippen LogP contribution in [0, 0.1) is 18.6 Å². The van der Waals surface area contributed by atoms with Crippen LogP contribution in [0.5, 0.6) is 0 Å². The number of amides is 1. The molecule has 1 N–H and O–H groups in total. The lowest BCUT2D eigenvalue weighted by Crippen LogP contribution is -2.37. The van der Waals surface area contributed by atoms with Crippen molar-refractivity contribution in [3.05, 3.63) is 59.7 Å². The first-order valence-corrected chi connectivity index (χ1v) is 8.81. The van der Waals surface area contributed by atoms with Gasteiger partial charge >= 0.3 is 0 Å². The first-order chi connectivity index (χ1) is 11.2. The van der Waals surface area contributed by atoms with Gasteiger partial charge in [0.1, 0.15) is 6.54 Å². The van der Waals surface area contributed by atoms with Gasteiger partial charge in [-0.05, 0) is 31.2 Å². The standard InChI is InChI=1S/C16H16F2N2O3S/c1-11-3-6-13(7-4-11)20(24(2,22)23)10-16(21)19-12-5-8-14(17)15(18)9-12/h3-9H,10H2,1-2H3,(H,19,21). The number of halogens is 2. The van der Waals surface area contributed by atoms with E-state index < -0.39 is 34.1 Å². The van der Waals surface area contributed by atoms with Crippen molar-refractivity contribution in [1.82, 2.24) is 0 Å². The number of hydrogen-bond donors (Lipinski definition) is 1. The average molecular weight is 354 g/mol. The number of carbonyl (C=O) groups excluding carboxylic acids is 1. The first-order valence-electron chi connectivity index (χ1n) is 6.96. The Hall–Kier alpha value is -2.48. The fourth-order valence-corrected chi connectivity index (χ4v) is 2.87. The van der Waals surface area contributed by atoms with Gasteiger partial charge in [0, 0.05) is 11.8 Å². The van der Waals surface area contributed by atoms with Gasteiger partial charge in [0.25, 0.3) is 0 Å². The molecule has 0 heterocycles. The number of benzene rings is 2. The number of carbonyl (C=O) groups is 1. The summed E-state index contributed by atoms with van der Waals surface area (Å²) in [6, 6.07) is 9.50. The lowest BCUT2D eigenvalue weighted by molar-refractivity contribution is -0.114. The van der Waals surface area contributed by atoms with E-state index in [0.717, 1.165) is 28.3 Å². The molecule has 0 radical (unpaired) electrons. The summed E-state index contributed by atoms with van der Waals surface area (Å²) in [7, 11) is -3.69. The third-order valence-corrected chi connectivity index (χ3v) is 4.35. The normalized spacial score (nSPS) is 11.2. The van der Waals surface area contributed by atoms with E-state index in [0.29, 0.717) is 5.69 Å². The zero-order valence-electron chi connectivity index (χ0n) is 13.1. The van der Waals surface area contributed by atoms with Gasteiger partial charge in [0.2, 0.25) is 15.9 Å². The summed E-state index contributed by atoms with van der Waals surface area (Å²) in [5.41, 5.74) is 1.32. The maximum atomic E-state index is 13.2. The number of hydrogen-bond acceptors (Lipinski definition) is 3. The highest BCUT2D eigenvalue weighted by atomic mass is 32.2. The van der Waals surface area contributed by atoms with Gasteiger partial charge < -0.3 is 5.32 Å². The summed E-state index contributed by atoms with van der Waals surface area (Å²) in [6.07, 6.45) is 0.984. The van der Waals surface area contributed by atoms with Crippen LogP contribution in [0.15, 0.2) is 42.5 Å². The van der Waals surface area contributed by atoms with E-state index >= 15 is 0 Å². The van der Waals surface area contributed by atoms with Crippen molar-refractivity contribution in [2.75, 3.05) is 22.4 Å². The van der Waals surface area contributed by atoms with Gasteiger partial charge in [-0.1, -0.05) is 17.7 Å². The monoisotopic (exact) mass is 354 g/mol. The molecule has 0 spiro atoms. The largest absolute Gasteiger partial charge is 0.324 e. The van der Waals surface area contributed by atoms with Crippen molar-refractivity contribution in [3.63, 3.8) is 0 Å². The Labute approximate surface area is 139 Å². The summed E-state index contributed by atoms with van der Waals surface area (Å²) >= 11 is 0. The zero-order chi connectivity index (χ0) is 17.9. The molecule has 0 aliphatic heterocycles. The van der Waals surface area contributed by atoms with Gasteiger partial charge in [0.15, 0.2) is 11.6 Å². The van der Waals surface area contributed by atoms with Crippen molar-refractivity contribution in [3.8, 4) is 0 Å². The summed E-state index contributed by atoms with van der Waals surface area (Å²) in [4.78, 5) is 12.1. The molecule has 5 nitrogen and oxygen atoms in total. The molecule has 2 aromatic rings. The van der Waals surface area contributed by atoms with E-state index in [-0.39, 0.29) is 5.69 Å². The fourth-order valence-electron chi connectivity index (χ4n) is 2.02. The molecule has 0 aliphatic carbocycles. The fraction of sp³-hybridized carbons (Fsp3) is 0.188. The molecule has 2 aromatic carbocycles. The molecule has 0 aliphatic rings. The molecule has 128 valence electrons. The van der Waals surface area contributed by atoms with Crippen LogP contribution in [0.25, 0.3) is 0 Å². The molecule has 0 saturated heterocycles. The summed E-state index contributed by atoms with van der Waals surface area (Å²) in [5.74, 6) is -2.82.